The van der Waals surface area contributed by atoms with Gasteiger partial charge in [0.15, 0.2) is 5.69 Å². The molecule has 0 aliphatic heterocycles. The van der Waals surface area contributed by atoms with Gasteiger partial charge in [0.1, 0.15) is 0 Å². The number of fused-ring (bicyclic) bond motifs is 6. The van der Waals surface area contributed by atoms with Crippen molar-refractivity contribution in [2.24, 2.45) is 0 Å². The van der Waals surface area contributed by atoms with E-state index in [0.29, 0.717) is 11.3 Å². The Morgan fingerprint density at radius 3 is 1.81 bits per heavy atom. The zero-order valence-electron chi connectivity index (χ0n) is 25.8. The monoisotopic (exact) mass is 610 g/mol. The van der Waals surface area contributed by atoms with E-state index in [1.807, 2.05) is 42.5 Å². The Morgan fingerprint density at radius 1 is 0.500 bits per heavy atom. The molecule has 0 aliphatic rings. The zero-order chi connectivity index (χ0) is 32.2. The lowest BCUT2D eigenvalue weighted by molar-refractivity contribution is 1.18. The SMILES string of the molecule is [C-]#[N+]c1cccc2c1c1ccccc1n2-c1ccc(C#N)cc1-c1ccccc1-c1cccc(-n2c3ccccc3c3ccccc32)c1. The summed E-state index contributed by atoms with van der Waals surface area (Å²) in [5.74, 6) is 0. The summed E-state index contributed by atoms with van der Waals surface area (Å²) >= 11 is 0. The fourth-order valence-corrected chi connectivity index (χ4v) is 7.35. The van der Waals surface area contributed by atoms with Gasteiger partial charge in [-0.2, -0.15) is 5.26 Å². The van der Waals surface area contributed by atoms with Crippen LogP contribution in [0, 0.1) is 17.9 Å². The fraction of sp³-hybridized carbons (Fsp3) is 0. The minimum absolute atomic E-state index is 0.588. The lowest BCUT2D eigenvalue weighted by Gasteiger charge is -2.18. The second kappa shape index (κ2) is 10.9. The first kappa shape index (κ1) is 27.4. The highest BCUT2D eigenvalue weighted by atomic mass is 15.0. The van der Waals surface area contributed by atoms with Gasteiger partial charge in [0.05, 0.1) is 40.4 Å². The number of para-hydroxylation sites is 3. The maximum absolute atomic E-state index is 10.1. The summed E-state index contributed by atoms with van der Waals surface area (Å²) in [4.78, 5) is 3.88. The minimum atomic E-state index is 0.588. The normalized spacial score (nSPS) is 11.3. The van der Waals surface area contributed by atoms with Crippen LogP contribution in [0.25, 0.3) is 82.1 Å². The van der Waals surface area contributed by atoms with E-state index in [4.69, 9.17) is 6.57 Å². The molecule has 9 rings (SSSR count). The number of nitriles is 1. The number of rotatable bonds is 4. The molecule has 0 bridgehead atoms. The molecule has 48 heavy (non-hydrogen) atoms. The molecule has 0 aliphatic carbocycles. The topological polar surface area (TPSA) is 38.0 Å². The number of nitrogens with zero attached hydrogens (tertiary/aromatic N) is 4. The maximum atomic E-state index is 10.1. The van der Waals surface area contributed by atoms with Crippen LogP contribution in [-0.2, 0) is 0 Å². The number of benzene rings is 7. The van der Waals surface area contributed by atoms with Crippen LogP contribution in [0.4, 0.5) is 5.69 Å². The van der Waals surface area contributed by atoms with E-state index in [0.717, 1.165) is 55.4 Å². The van der Waals surface area contributed by atoms with Crippen LogP contribution in [0.15, 0.2) is 158 Å². The van der Waals surface area contributed by atoms with Gasteiger partial charge in [-0.1, -0.05) is 103 Å². The molecule has 0 N–H and O–H groups in total. The van der Waals surface area contributed by atoms with Crippen LogP contribution in [0.3, 0.4) is 0 Å². The van der Waals surface area contributed by atoms with Gasteiger partial charge in [-0.3, -0.25) is 0 Å². The Labute approximate surface area is 277 Å². The Hall–Kier alpha value is -6.88. The quantitative estimate of drug-likeness (QED) is 0.183. The summed E-state index contributed by atoms with van der Waals surface area (Å²) in [5.41, 5.74) is 11.7. The first-order valence-electron chi connectivity index (χ1n) is 15.9. The highest BCUT2D eigenvalue weighted by molar-refractivity contribution is 6.15. The lowest BCUT2D eigenvalue weighted by Crippen LogP contribution is -1.99. The maximum Gasteiger partial charge on any atom is 0.197 e. The van der Waals surface area contributed by atoms with Crippen molar-refractivity contribution in [3.63, 3.8) is 0 Å². The third-order valence-corrected chi connectivity index (χ3v) is 9.38. The van der Waals surface area contributed by atoms with Crippen molar-refractivity contribution in [3.05, 3.63) is 175 Å². The molecule has 4 heteroatoms. The number of hydrogen-bond donors (Lipinski definition) is 0. The van der Waals surface area contributed by atoms with Crippen molar-refractivity contribution in [3.8, 4) is 39.7 Å². The largest absolute Gasteiger partial charge is 0.310 e. The van der Waals surface area contributed by atoms with E-state index >= 15 is 0 Å². The second-order valence-corrected chi connectivity index (χ2v) is 11.9. The molecule has 0 saturated carbocycles. The van der Waals surface area contributed by atoms with Crippen molar-refractivity contribution in [1.29, 1.82) is 5.26 Å². The van der Waals surface area contributed by atoms with Gasteiger partial charge in [0, 0.05) is 32.9 Å². The summed E-state index contributed by atoms with van der Waals surface area (Å²) in [6.45, 7) is 7.90. The first-order valence-corrected chi connectivity index (χ1v) is 15.9. The van der Waals surface area contributed by atoms with Crippen molar-refractivity contribution < 1.29 is 0 Å². The summed E-state index contributed by atoms with van der Waals surface area (Å²) < 4.78 is 4.58. The Balaban J connectivity index is 1.30. The second-order valence-electron chi connectivity index (χ2n) is 11.9. The number of hydrogen-bond acceptors (Lipinski definition) is 1. The molecule has 0 amide bonds. The van der Waals surface area contributed by atoms with Gasteiger partial charge in [0.25, 0.3) is 0 Å². The molecular formula is C44H26N4. The van der Waals surface area contributed by atoms with Gasteiger partial charge >= 0.3 is 0 Å². The number of aromatic nitrogens is 2. The fourth-order valence-electron chi connectivity index (χ4n) is 7.35. The summed E-state index contributed by atoms with van der Waals surface area (Å²) in [6.07, 6.45) is 0. The average Bonchev–Trinajstić information content (AvgIpc) is 3.68. The summed E-state index contributed by atoms with van der Waals surface area (Å²) in [6, 6.07) is 56.7. The van der Waals surface area contributed by atoms with E-state index in [9.17, 15) is 5.26 Å². The molecule has 0 spiro atoms. The van der Waals surface area contributed by atoms with E-state index in [-0.39, 0.29) is 0 Å². The molecular weight excluding hydrogens is 585 g/mol. The molecule has 0 radical (unpaired) electrons. The van der Waals surface area contributed by atoms with E-state index in [2.05, 4.69) is 135 Å². The van der Waals surface area contributed by atoms with Crippen molar-refractivity contribution in [2.75, 3.05) is 0 Å². The van der Waals surface area contributed by atoms with Crippen molar-refractivity contribution in [2.45, 2.75) is 0 Å². The molecule has 0 unspecified atom stereocenters. The first-order chi connectivity index (χ1) is 23.7. The standard InChI is InChI=1S/C44H26N4/c1-46-38-19-11-23-43-44(38)36-18-6-9-22-41(36)48(43)42-25-24-29(28-45)26-37(42)33-15-3-2-14-32(33)30-12-10-13-31(27-30)47-39-20-7-4-16-34(39)35-17-5-8-21-40(35)47/h2-27H. The van der Waals surface area contributed by atoms with Crippen LogP contribution in [0.1, 0.15) is 5.56 Å². The summed E-state index contributed by atoms with van der Waals surface area (Å²) in [5, 5.41) is 14.5. The van der Waals surface area contributed by atoms with Gasteiger partial charge < -0.3 is 9.13 Å². The molecule has 0 atom stereocenters. The predicted octanol–water partition coefficient (Wildman–Crippen LogP) is 11.6. The Bertz CT molecular complexity index is 2760. The van der Waals surface area contributed by atoms with E-state index < -0.39 is 0 Å². The molecule has 222 valence electrons. The molecule has 0 fully saturated rings. The van der Waals surface area contributed by atoms with Crippen LogP contribution < -0.4 is 0 Å². The van der Waals surface area contributed by atoms with Crippen LogP contribution in [-0.4, -0.2) is 9.13 Å². The van der Waals surface area contributed by atoms with E-state index in [1.165, 1.54) is 21.8 Å². The van der Waals surface area contributed by atoms with Gasteiger partial charge in [0.2, 0.25) is 0 Å². The van der Waals surface area contributed by atoms with Gasteiger partial charge in [-0.05, 0) is 76.7 Å². The predicted molar refractivity (Wildman–Crippen MR) is 197 cm³/mol. The van der Waals surface area contributed by atoms with E-state index in [1.54, 1.807) is 0 Å². The van der Waals surface area contributed by atoms with Gasteiger partial charge in [-0.25, -0.2) is 4.85 Å². The molecule has 9 aromatic rings. The van der Waals surface area contributed by atoms with Crippen LogP contribution in [0.2, 0.25) is 0 Å². The summed E-state index contributed by atoms with van der Waals surface area (Å²) in [7, 11) is 0. The molecule has 4 nitrogen and oxygen atoms in total. The third kappa shape index (κ3) is 4.07. The zero-order valence-corrected chi connectivity index (χ0v) is 25.8. The minimum Gasteiger partial charge on any atom is -0.310 e. The van der Waals surface area contributed by atoms with Crippen molar-refractivity contribution >= 4 is 49.3 Å². The third-order valence-electron chi connectivity index (χ3n) is 9.38. The highest BCUT2D eigenvalue weighted by Gasteiger charge is 2.20. The van der Waals surface area contributed by atoms with Crippen LogP contribution >= 0.6 is 0 Å². The Morgan fingerprint density at radius 2 is 1.10 bits per heavy atom. The van der Waals surface area contributed by atoms with Crippen LogP contribution in [0.5, 0.6) is 0 Å². The smallest absolute Gasteiger partial charge is 0.197 e. The Kier molecular flexibility index (Phi) is 6.22. The average molecular weight is 611 g/mol. The highest BCUT2D eigenvalue weighted by Crippen LogP contribution is 2.43. The molecule has 7 aromatic carbocycles. The molecule has 0 saturated heterocycles. The molecule has 2 heterocycles. The molecule has 2 aromatic heterocycles. The van der Waals surface area contributed by atoms with Gasteiger partial charge in [-0.15, -0.1) is 0 Å². The lowest BCUT2D eigenvalue weighted by atomic mass is 9.92. The van der Waals surface area contributed by atoms with Crippen molar-refractivity contribution in [1.82, 2.24) is 9.13 Å².